The number of carbonyl (C=O) groups excluding carboxylic acids is 1. The molecule has 0 N–H and O–H groups in total. The molecule has 4 aromatic rings. The van der Waals surface area contributed by atoms with Gasteiger partial charge in [-0.25, -0.2) is 8.78 Å². The minimum Gasteiger partial charge on any atom is -0.489 e. The summed E-state index contributed by atoms with van der Waals surface area (Å²) in [7, 11) is 0. The fourth-order valence-electron chi connectivity index (χ4n) is 5.55. The number of para-hydroxylation sites is 1. The number of anilines is 1. The summed E-state index contributed by atoms with van der Waals surface area (Å²) < 4.78 is 45.2. The number of hydrogen-bond donors (Lipinski definition) is 0. The predicted molar refractivity (Wildman–Crippen MR) is 147 cm³/mol. The standard InChI is InChI=1S/C33H29F2NO4/c34-26-12-10-25(11-13-26)33(39-20-21-40-33)19-18-30-31(36(32(30)37)28-16-14-27(35)15-17-28)24-8-6-23(7-9-24)22-38-29-4-2-1-3-5-29/h1-17,30-31H,18-22H2/t30-,31-/m1/s1. The van der Waals surface area contributed by atoms with Crippen LogP contribution in [0.15, 0.2) is 103 Å². The third-order valence-corrected chi connectivity index (χ3v) is 7.61. The van der Waals surface area contributed by atoms with E-state index < -0.39 is 5.79 Å². The van der Waals surface area contributed by atoms with Crippen LogP contribution in [0.25, 0.3) is 0 Å². The van der Waals surface area contributed by atoms with Crippen molar-refractivity contribution in [3.8, 4) is 5.75 Å². The number of β-lactam (4-membered cyclic amide) rings is 1. The van der Waals surface area contributed by atoms with Crippen molar-refractivity contribution in [1.82, 2.24) is 0 Å². The summed E-state index contributed by atoms with van der Waals surface area (Å²) in [5.74, 6) is -1.29. The molecular weight excluding hydrogens is 512 g/mol. The Balaban J connectivity index is 1.23. The fourth-order valence-corrected chi connectivity index (χ4v) is 5.55. The van der Waals surface area contributed by atoms with Gasteiger partial charge in [0.2, 0.25) is 5.91 Å². The maximum Gasteiger partial charge on any atom is 0.233 e. The van der Waals surface area contributed by atoms with Crippen LogP contribution in [0.5, 0.6) is 5.75 Å². The molecule has 0 aliphatic carbocycles. The molecule has 2 saturated heterocycles. The van der Waals surface area contributed by atoms with Crippen molar-refractivity contribution in [3.05, 3.63) is 131 Å². The molecule has 204 valence electrons. The van der Waals surface area contributed by atoms with Crippen molar-refractivity contribution >= 4 is 11.6 Å². The number of rotatable bonds is 9. The fraction of sp³-hybridized carbons (Fsp3) is 0.242. The molecule has 6 rings (SSSR count). The summed E-state index contributed by atoms with van der Waals surface area (Å²) >= 11 is 0. The predicted octanol–water partition coefficient (Wildman–Crippen LogP) is 6.93. The topological polar surface area (TPSA) is 48.0 Å². The zero-order chi connectivity index (χ0) is 27.5. The van der Waals surface area contributed by atoms with Crippen molar-refractivity contribution in [2.24, 2.45) is 5.92 Å². The molecule has 2 atom stereocenters. The van der Waals surface area contributed by atoms with Gasteiger partial charge in [-0.1, -0.05) is 54.6 Å². The van der Waals surface area contributed by atoms with E-state index in [9.17, 15) is 13.6 Å². The van der Waals surface area contributed by atoms with Crippen molar-refractivity contribution < 1.29 is 27.8 Å². The van der Waals surface area contributed by atoms with E-state index in [4.69, 9.17) is 14.2 Å². The highest BCUT2D eigenvalue weighted by Crippen LogP contribution is 2.48. The van der Waals surface area contributed by atoms with E-state index in [1.54, 1.807) is 29.2 Å². The average Bonchev–Trinajstić information content (AvgIpc) is 3.47. The number of nitrogens with zero attached hydrogens (tertiary/aromatic N) is 1. The number of halogens is 2. The third-order valence-electron chi connectivity index (χ3n) is 7.61. The monoisotopic (exact) mass is 541 g/mol. The van der Waals surface area contributed by atoms with Gasteiger partial charge in [0.15, 0.2) is 5.79 Å². The van der Waals surface area contributed by atoms with Gasteiger partial charge < -0.3 is 19.1 Å². The Bertz CT molecular complexity index is 1440. The summed E-state index contributed by atoms with van der Waals surface area (Å²) in [4.78, 5) is 15.3. The number of carbonyl (C=O) groups is 1. The molecule has 2 heterocycles. The second kappa shape index (κ2) is 11.2. The van der Waals surface area contributed by atoms with Crippen LogP contribution < -0.4 is 9.64 Å². The summed E-state index contributed by atoms with van der Waals surface area (Å²) in [6.07, 6.45) is 0.934. The summed E-state index contributed by atoms with van der Waals surface area (Å²) in [6, 6.07) is 29.5. The first-order valence-electron chi connectivity index (χ1n) is 13.4. The first-order valence-corrected chi connectivity index (χ1v) is 13.4. The van der Waals surface area contributed by atoms with E-state index >= 15 is 0 Å². The number of hydrogen-bond acceptors (Lipinski definition) is 4. The first-order chi connectivity index (χ1) is 19.5. The van der Waals surface area contributed by atoms with Crippen molar-refractivity contribution in [3.63, 3.8) is 0 Å². The van der Waals surface area contributed by atoms with Crippen LogP contribution in [0, 0.1) is 17.6 Å². The molecule has 2 fully saturated rings. The minimum atomic E-state index is -1.02. The lowest BCUT2D eigenvalue weighted by atomic mass is 9.77. The highest BCUT2D eigenvalue weighted by Gasteiger charge is 2.50. The van der Waals surface area contributed by atoms with Gasteiger partial charge in [-0.15, -0.1) is 0 Å². The minimum absolute atomic E-state index is 0.0413. The zero-order valence-electron chi connectivity index (χ0n) is 21.8. The second-order valence-corrected chi connectivity index (χ2v) is 10.1. The molecule has 4 aromatic carbocycles. The molecule has 0 saturated carbocycles. The second-order valence-electron chi connectivity index (χ2n) is 10.1. The van der Waals surface area contributed by atoms with Gasteiger partial charge in [0.25, 0.3) is 0 Å². The van der Waals surface area contributed by atoms with Gasteiger partial charge in [0.1, 0.15) is 24.0 Å². The number of amides is 1. The molecule has 1 amide bonds. The van der Waals surface area contributed by atoms with Crippen LogP contribution in [0.2, 0.25) is 0 Å². The van der Waals surface area contributed by atoms with E-state index in [0.29, 0.717) is 38.3 Å². The lowest BCUT2D eigenvalue weighted by Gasteiger charge is -2.48. The molecule has 40 heavy (non-hydrogen) atoms. The summed E-state index contributed by atoms with van der Waals surface area (Å²) in [5, 5.41) is 0. The van der Waals surface area contributed by atoms with E-state index in [1.807, 2.05) is 54.6 Å². The van der Waals surface area contributed by atoms with Crippen molar-refractivity contribution in [2.75, 3.05) is 18.1 Å². The van der Waals surface area contributed by atoms with Gasteiger partial charge in [-0.3, -0.25) is 4.79 Å². The Labute approximate surface area is 231 Å². The maximum absolute atomic E-state index is 13.7. The molecule has 0 bridgehead atoms. The van der Waals surface area contributed by atoms with Gasteiger partial charge in [-0.05, 0) is 66.1 Å². The van der Waals surface area contributed by atoms with Crippen molar-refractivity contribution in [1.29, 1.82) is 0 Å². The lowest BCUT2D eigenvalue weighted by molar-refractivity contribution is -0.175. The van der Waals surface area contributed by atoms with E-state index in [1.165, 1.54) is 24.3 Å². The Kier molecular flexibility index (Phi) is 7.32. The molecule has 0 unspecified atom stereocenters. The SMILES string of the molecule is O=C1[C@H](CCC2(c3ccc(F)cc3)OCCO2)[C@@H](c2ccc(COc3ccccc3)cc2)N1c1ccc(F)cc1. The number of ether oxygens (including phenoxy) is 3. The van der Waals surface area contributed by atoms with E-state index in [-0.39, 0.29) is 29.5 Å². The molecule has 0 spiro atoms. The van der Waals surface area contributed by atoms with Crippen LogP contribution >= 0.6 is 0 Å². The Morgan fingerprint density at radius 2 is 1.43 bits per heavy atom. The molecule has 7 heteroatoms. The van der Waals surface area contributed by atoms with Gasteiger partial charge in [-0.2, -0.15) is 0 Å². The highest BCUT2D eigenvalue weighted by atomic mass is 19.1. The van der Waals surface area contributed by atoms with Gasteiger partial charge >= 0.3 is 0 Å². The molecule has 2 aliphatic heterocycles. The Hall–Kier alpha value is -4.07. The lowest BCUT2D eigenvalue weighted by Crippen LogP contribution is -2.55. The van der Waals surface area contributed by atoms with Crippen molar-refractivity contribution in [2.45, 2.75) is 31.3 Å². The third kappa shape index (κ3) is 5.22. The van der Waals surface area contributed by atoms with E-state index in [2.05, 4.69) is 0 Å². The normalized spacial score (nSPS) is 19.9. The largest absolute Gasteiger partial charge is 0.489 e. The highest BCUT2D eigenvalue weighted by molar-refractivity contribution is 6.03. The number of benzene rings is 4. The average molecular weight is 542 g/mol. The van der Waals surface area contributed by atoms with Crippen LogP contribution in [-0.4, -0.2) is 19.1 Å². The van der Waals surface area contributed by atoms with Crippen LogP contribution in [0.4, 0.5) is 14.5 Å². The van der Waals surface area contributed by atoms with E-state index in [0.717, 1.165) is 22.4 Å². The molecular formula is C33H29F2NO4. The molecule has 0 radical (unpaired) electrons. The Morgan fingerprint density at radius 1 is 0.800 bits per heavy atom. The zero-order valence-corrected chi connectivity index (χ0v) is 21.8. The van der Waals surface area contributed by atoms with Crippen LogP contribution in [-0.2, 0) is 26.7 Å². The van der Waals surface area contributed by atoms with Crippen LogP contribution in [0.3, 0.4) is 0 Å². The molecule has 0 aromatic heterocycles. The molecule has 2 aliphatic rings. The summed E-state index contributed by atoms with van der Waals surface area (Å²) in [5.41, 5.74) is 3.35. The smallest absolute Gasteiger partial charge is 0.233 e. The Morgan fingerprint density at radius 3 is 2.08 bits per heavy atom. The first kappa shape index (κ1) is 26.2. The van der Waals surface area contributed by atoms with Gasteiger partial charge in [0.05, 0.1) is 25.2 Å². The summed E-state index contributed by atoms with van der Waals surface area (Å²) in [6.45, 7) is 1.27. The quantitative estimate of drug-likeness (QED) is 0.216. The maximum atomic E-state index is 13.7. The molecule has 5 nitrogen and oxygen atoms in total. The van der Waals surface area contributed by atoms with Gasteiger partial charge in [0, 0.05) is 17.7 Å². The van der Waals surface area contributed by atoms with Crippen LogP contribution in [0.1, 0.15) is 35.6 Å².